The molecule has 5 heteroatoms. The molecular formula is C15H20N4O. The lowest BCUT2D eigenvalue weighted by atomic mass is 9.96. The second-order valence-corrected chi connectivity index (χ2v) is 5.25. The predicted molar refractivity (Wildman–Crippen MR) is 78.1 cm³/mol. The van der Waals surface area contributed by atoms with Gasteiger partial charge in [0.05, 0.1) is 5.92 Å². The third-order valence-electron chi connectivity index (χ3n) is 3.86. The molecule has 1 aromatic heterocycles. The predicted octanol–water partition coefficient (Wildman–Crippen LogP) is 1.94. The molecule has 0 saturated carbocycles. The van der Waals surface area contributed by atoms with Gasteiger partial charge >= 0.3 is 0 Å². The number of anilines is 1. The quantitative estimate of drug-likeness (QED) is 0.925. The smallest absolute Gasteiger partial charge is 0.266 e. The van der Waals surface area contributed by atoms with E-state index in [2.05, 4.69) is 46.3 Å². The fourth-order valence-corrected chi connectivity index (χ4v) is 2.60. The van der Waals surface area contributed by atoms with Gasteiger partial charge < -0.3 is 14.7 Å². The summed E-state index contributed by atoms with van der Waals surface area (Å²) in [5.41, 5.74) is 2.49. The monoisotopic (exact) mass is 272 g/mol. The van der Waals surface area contributed by atoms with Gasteiger partial charge in [0.1, 0.15) is 0 Å². The molecule has 2 aromatic rings. The van der Waals surface area contributed by atoms with Crippen molar-refractivity contribution < 1.29 is 4.52 Å². The van der Waals surface area contributed by atoms with Gasteiger partial charge in [-0.2, -0.15) is 4.98 Å². The zero-order valence-electron chi connectivity index (χ0n) is 12.0. The molecule has 2 heterocycles. The second-order valence-electron chi connectivity index (χ2n) is 5.25. The zero-order valence-corrected chi connectivity index (χ0v) is 12.0. The number of hydrogen-bond donors (Lipinski definition) is 1. The van der Waals surface area contributed by atoms with Gasteiger partial charge in [-0.25, -0.2) is 0 Å². The maximum absolute atomic E-state index is 5.47. The molecule has 1 atom stereocenters. The van der Waals surface area contributed by atoms with Crippen LogP contribution in [0.25, 0.3) is 0 Å². The summed E-state index contributed by atoms with van der Waals surface area (Å²) in [6.45, 7) is 8.01. The number of nitrogens with one attached hydrogen (secondary N) is 1. The molecule has 1 aliphatic rings. The van der Waals surface area contributed by atoms with Crippen LogP contribution < -0.4 is 10.2 Å². The lowest BCUT2D eigenvalue weighted by Crippen LogP contribution is -2.44. The Morgan fingerprint density at radius 3 is 2.75 bits per heavy atom. The summed E-state index contributed by atoms with van der Waals surface area (Å²) in [5, 5.41) is 7.45. The highest BCUT2D eigenvalue weighted by Crippen LogP contribution is 2.26. The van der Waals surface area contributed by atoms with Gasteiger partial charge in [0.15, 0.2) is 0 Å². The summed E-state index contributed by atoms with van der Waals surface area (Å²) in [6, 6.07) is 8.33. The van der Waals surface area contributed by atoms with E-state index in [0.717, 1.165) is 26.2 Å². The van der Waals surface area contributed by atoms with Crippen molar-refractivity contribution in [1.29, 1.82) is 0 Å². The summed E-state index contributed by atoms with van der Waals surface area (Å²) < 4.78 is 5.47. The van der Waals surface area contributed by atoms with Crippen LogP contribution in [0.3, 0.4) is 0 Å². The fraction of sp³-hybridized carbons (Fsp3) is 0.467. The second kappa shape index (κ2) is 5.63. The van der Waals surface area contributed by atoms with Crippen molar-refractivity contribution in [2.45, 2.75) is 19.8 Å². The van der Waals surface area contributed by atoms with Crippen LogP contribution in [0.15, 0.2) is 28.8 Å². The molecule has 20 heavy (non-hydrogen) atoms. The van der Waals surface area contributed by atoms with Gasteiger partial charge in [0, 0.05) is 26.2 Å². The van der Waals surface area contributed by atoms with Gasteiger partial charge in [0.25, 0.3) is 5.95 Å². The molecule has 0 radical (unpaired) electrons. The average Bonchev–Trinajstić information content (AvgIpc) is 2.98. The van der Waals surface area contributed by atoms with Crippen molar-refractivity contribution in [3.05, 3.63) is 41.3 Å². The topological polar surface area (TPSA) is 54.2 Å². The molecule has 1 fully saturated rings. The molecule has 5 nitrogen and oxygen atoms in total. The molecule has 0 spiro atoms. The Hall–Kier alpha value is -1.88. The number of benzene rings is 1. The van der Waals surface area contributed by atoms with Gasteiger partial charge in [0.2, 0.25) is 5.89 Å². The molecule has 1 saturated heterocycles. The van der Waals surface area contributed by atoms with E-state index in [1.165, 1.54) is 11.1 Å². The van der Waals surface area contributed by atoms with E-state index >= 15 is 0 Å². The third-order valence-corrected chi connectivity index (χ3v) is 3.86. The Bertz CT molecular complexity index is 575. The minimum absolute atomic E-state index is 0.125. The van der Waals surface area contributed by atoms with E-state index in [1.54, 1.807) is 0 Å². The number of aryl methyl sites for hydroxylation is 1. The van der Waals surface area contributed by atoms with Crippen LogP contribution in [0.5, 0.6) is 0 Å². The van der Waals surface area contributed by atoms with Gasteiger partial charge in [-0.1, -0.05) is 24.3 Å². The van der Waals surface area contributed by atoms with E-state index in [0.29, 0.717) is 11.8 Å². The van der Waals surface area contributed by atoms with Crippen LogP contribution in [-0.2, 0) is 0 Å². The first-order valence-electron chi connectivity index (χ1n) is 7.10. The standard InChI is InChI=1S/C15H20N4O/c1-11-5-3-4-6-13(11)12(2)14-17-15(18-20-14)19-9-7-16-8-10-19/h3-6,12,16H,7-10H2,1-2H3. The van der Waals surface area contributed by atoms with Crippen molar-refractivity contribution in [2.24, 2.45) is 0 Å². The van der Waals surface area contributed by atoms with Gasteiger partial charge in [-0.3, -0.25) is 0 Å². The molecule has 106 valence electrons. The Kier molecular flexibility index (Phi) is 3.69. The Balaban J connectivity index is 1.81. The first kappa shape index (κ1) is 13.1. The molecule has 0 aliphatic carbocycles. The third kappa shape index (κ3) is 2.54. The summed E-state index contributed by atoms with van der Waals surface area (Å²) in [7, 11) is 0. The summed E-state index contributed by atoms with van der Waals surface area (Å²) in [4.78, 5) is 6.73. The highest BCUT2D eigenvalue weighted by Gasteiger charge is 2.21. The van der Waals surface area contributed by atoms with Crippen molar-refractivity contribution >= 4 is 5.95 Å². The number of rotatable bonds is 3. The number of aromatic nitrogens is 2. The minimum atomic E-state index is 0.125. The molecular weight excluding hydrogens is 252 g/mol. The molecule has 0 amide bonds. The van der Waals surface area contributed by atoms with Crippen molar-refractivity contribution in [1.82, 2.24) is 15.5 Å². The normalized spacial score (nSPS) is 17.2. The lowest BCUT2D eigenvalue weighted by Gasteiger charge is -2.25. The van der Waals surface area contributed by atoms with Crippen molar-refractivity contribution in [3.63, 3.8) is 0 Å². The maximum atomic E-state index is 5.47. The van der Waals surface area contributed by atoms with Crippen LogP contribution in [-0.4, -0.2) is 36.3 Å². The first-order chi connectivity index (χ1) is 9.75. The average molecular weight is 272 g/mol. The highest BCUT2D eigenvalue weighted by molar-refractivity contribution is 5.34. The van der Waals surface area contributed by atoms with E-state index in [-0.39, 0.29) is 5.92 Å². The Morgan fingerprint density at radius 1 is 1.25 bits per heavy atom. The molecule has 3 rings (SSSR count). The van der Waals surface area contributed by atoms with Crippen molar-refractivity contribution in [3.8, 4) is 0 Å². The number of nitrogens with zero attached hydrogens (tertiary/aromatic N) is 3. The molecule has 0 bridgehead atoms. The molecule has 1 aromatic carbocycles. The SMILES string of the molecule is Cc1ccccc1C(C)c1nc(N2CCNCC2)no1. The summed E-state index contributed by atoms with van der Waals surface area (Å²) >= 11 is 0. The summed E-state index contributed by atoms with van der Waals surface area (Å²) in [5.74, 6) is 1.52. The Morgan fingerprint density at radius 2 is 2.00 bits per heavy atom. The summed E-state index contributed by atoms with van der Waals surface area (Å²) in [6.07, 6.45) is 0. The molecule has 1 unspecified atom stereocenters. The minimum Gasteiger partial charge on any atom is -0.337 e. The van der Waals surface area contributed by atoms with Crippen LogP contribution in [0.2, 0.25) is 0 Å². The maximum Gasteiger partial charge on any atom is 0.266 e. The highest BCUT2D eigenvalue weighted by atomic mass is 16.5. The van der Waals surface area contributed by atoms with E-state index in [9.17, 15) is 0 Å². The van der Waals surface area contributed by atoms with E-state index in [4.69, 9.17) is 4.52 Å². The van der Waals surface area contributed by atoms with Crippen LogP contribution in [0, 0.1) is 6.92 Å². The lowest BCUT2D eigenvalue weighted by molar-refractivity contribution is 0.368. The number of hydrogen-bond acceptors (Lipinski definition) is 5. The van der Waals surface area contributed by atoms with E-state index in [1.807, 2.05) is 12.1 Å². The first-order valence-corrected chi connectivity index (χ1v) is 7.10. The molecule has 1 aliphatic heterocycles. The van der Waals surface area contributed by atoms with Crippen LogP contribution >= 0.6 is 0 Å². The molecule has 1 N–H and O–H groups in total. The van der Waals surface area contributed by atoms with Crippen LogP contribution in [0.1, 0.15) is 29.9 Å². The van der Waals surface area contributed by atoms with Gasteiger partial charge in [-0.15, -0.1) is 0 Å². The Labute approximate surface area is 119 Å². The largest absolute Gasteiger partial charge is 0.337 e. The van der Waals surface area contributed by atoms with E-state index < -0.39 is 0 Å². The zero-order chi connectivity index (χ0) is 13.9. The van der Waals surface area contributed by atoms with Crippen molar-refractivity contribution in [2.75, 3.05) is 31.1 Å². The van der Waals surface area contributed by atoms with Gasteiger partial charge in [-0.05, 0) is 30.1 Å². The fourth-order valence-electron chi connectivity index (χ4n) is 2.60. The van der Waals surface area contributed by atoms with Crippen LogP contribution in [0.4, 0.5) is 5.95 Å². The number of piperazine rings is 1.